The summed E-state index contributed by atoms with van der Waals surface area (Å²) in [6.07, 6.45) is 0. The van der Waals surface area contributed by atoms with Crippen molar-refractivity contribution in [3.63, 3.8) is 0 Å². The first-order valence-corrected chi connectivity index (χ1v) is 8.17. The van der Waals surface area contributed by atoms with Crippen LogP contribution in [0.2, 0.25) is 0 Å². The molecule has 28 heavy (non-hydrogen) atoms. The lowest BCUT2D eigenvalue weighted by Crippen LogP contribution is -2.09. The van der Waals surface area contributed by atoms with Gasteiger partial charge in [-0.2, -0.15) is 0 Å². The zero-order valence-electron chi connectivity index (χ0n) is 14.8. The molecule has 0 unspecified atom stereocenters. The van der Waals surface area contributed by atoms with Crippen LogP contribution >= 0.6 is 0 Å². The highest BCUT2D eigenvalue weighted by Crippen LogP contribution is 2.27. The number of methoxy groups -OCH3 is 1. The van der Waals surface area contributed by atoms with Crippen LogP contribution in [0.4, 0.5) is 0 Å². The number of rotatable bonds is 5. The third-order valence-electron chi connectivity index (χ3n) is 3.76. The van der Waals surface area contributed by atoms with Crippen LogP contribution < -0.4 is 14.2 Å². The molecule has 0 spiro atoms. The lowest BCUT2D eigenvalue weighted by atomic mass is 10.2. The van der Waals surface area contributed by atoms with Gasteiger partial charge in [-0.25, -0.2) is 9.59 Å². The minimum absolute atomic E-state index is 0.0500. The Morgan fingerprint density at radius 1 is 0.714 bits per heavy atom. The fraction of sp³-hybridized carbons (Fsp3) is 0.0476. The molecule has 0 saturated heterocycles. The van der Waals surface area contributed by atoms with Gasteiger partial charge in [-0.1, -0.05) is 0 Å². The van der Waals surface area contributed by atoms with Crippen LogP contribution in [0.3, 0.4) is 0 Å². The van der Waals surface area contributed by atoms with Crippen molar-refractivity contribution < 1.29 is 34.0 Å². The Bertz CT molecular complexity index is 992. The molecular weight excluding hydrogens is 364 g/mol. The second kappa shape index (κ2) is 8.13. The molecule has 3 rings (SSSR count). The summed E-state index contributed by atoms with van der Waals surface area (Å²) in [5, 5.41) is 18.8. The van der Waals surface area contributed by atoms with E-state index < -0.39 is 11.9 Å². The molecule has 0 heterocycles. The predicted octanol–water partition coefficient (Wildman–Crippen LogP) is 3.54. The van der Waals surface area contributed by atoms with Crippen LogP contribution in [0, 0.1) is 0 Å². The Morgan fingerprint density at radius 3 is 1.75 bits per heavy atom. The molecule has 0 aromatic heterocycles. The van der Waals surface area contributed by atoms with E-state index in [2.05, 4.69) is 0 Å². The molecule has 142 valence electrons. The number of hydrogen-bond donors (Lipinski definition) is 2. The number of carbonyl (C=O) groups excluding carboxylic acids is 2. The molecule has 0 aliphatic heterocycles. The monoisotopic (exact) mass is 380 g/mol. The topological polar surface area (TPSA) is 102 Å². The van der Waals surface area contributed by atoms with E-state index in [0.29, 0.717) is 0 Å². The summed E-state index contributed by atoms with van der Waals surface area (Å²) in [4.78, 5) is 24.2. The maximum atomic E-state index is 12.2. The van der Waals surface area contributed by atoms with Gasteiger partial charge in [0.2, 0.25) is 0 Å². The molecule has 7 heteroatoms. The van der Waals surface area contributed by atoms with Gasteiger partial charge in [0.05, 0.1) is 18.2 Å². The van der Waals surface area contributed by atoms with Gasteiger partial charge >= 0.3 is 11.9 Å². The van der Waals surface area contributed by atoms with Gasteiger partial charge in [0, 0.05) is 0 Å². The summed E-state index contributed by atoms with van der Waals surface area (Å²) in [6, 6.07) is 15.7. The maximum absolute atomic E-state index is 12.2. The quantitative estimate of drug-likeness (QED) is 0.515. The summed E-state index contributed by atoms with van der Waals surface area (Å²) in [5.74, 6) is -0.572. The molecule has 0 saturated carbocycles. The van der Waals surface area contributed by atoms with Crippen molar-refractivity contribution in [1.29, 1.82) is 0 Å². The van der Waals surface area contributed by atoms with Crippen LogP contribution in [-0.2, 0) is 0 Å². The highest BCUT2D eigenvalue weighted by molar-refractivity contribution is 5.92. The third-order valence-corrected chi connectivity index (χ3v) is 3.76. The number of ether oxygens (including phenoxy) is 3. The molecule has 7 nitrogen and oxygen atoms in total. The van der Waals surface area contributed by atoms with Crippen LogP contribution in [0.1, 0.15) is 20.7 Å². The molecule has 3 aromatic carbocycles. The second-order valence-corrected chi connectivity index (χ2v) is 5.68. The number of phenolic OH excluding ortho intramolecular Hbond substituents is 2. The smallest absolute Gasteiger partial charge is 0.343 e. The minimum Gasteiger partial charge on any atom is -0.508 e. The van der Waals surface area contributed by atoms with E-state index in [1.807, 2.05) is 0 Å². The summed E-state index contributed by atoms with van der Waals surface area (Å²) in [6.45, 7) is 0. The van der Waals surface area contributed by atoms with Crippen molar-refractivity contribution in [3.05, 3.63) is 77.9 Å². The second-order valence-electron chi connectivity index (χ2n) is 5.68. The van der Waals surface area contributed by atoms with Gasteiger partial charge in [0.1, 0.15) is 17.2 Å². The molecule has 0 atom stereocenters. The van der Waals surface area contributed by atoms with E-state index in [9.17, 15) is 19.8 Å². The molecule has 0 radical (unpaired) electrons. The number of aromatic hydroxyl groups is 2. The van der Waals surface area contributed by atoms with Gasteiger partial charge in [-0.05, 0) is 66.7 Å². The Hall–Kier alpha value is -4.00. The Kier molecular flexibility index (Phi) is 5.45. The van der Waals surface area contributed by atoms with Crippen LogP contribution in [0.25, 0.3) is 0 Å². The van der Waals surface area contributed by atoms with E-state index in [0.717, 1.165) is 0 Å². The standard InChI is InChI=1S/C21H16O7/c1-26-19-12-14(4-11-18(19)23)21(25)28-17-9-7-16(8-10-17)27-20(24)13-2-5-15(22)6-3-13/h2-12,22-23H,1H3. The molecule has 0 bridgehead atoms. The van der Waals surface area contributed by atoms with Gasteiger partial charge in [0.15, 0.2) is 11.5 Å². The summed E-state index contributed by atoms with van der Waals surface area (Å²) >= 11 is 0. The van der Waals surface area contributed by atoms with E-state index in [1.54, 1.807) is 0 Å². The van der Waals surface area contributed by atoms with Crippen molar-refractivity contribution in [2.24, 2.45) is 0 Å². The molecule has 0 aliphatic carbocycles. The lowest BCUT2D eigenvalue weighted by molar-refractivity contribution is 0.0719. The predicted molar refractivity (Wildman–Crippen MR) is 99.1 cm³/mol. The van der Waals surface area contributed by atoms with Crippen molar-refractivity contribution >= 4 is 11.9 Å². The van der Waals surface area contributed by atoms with Crippen molar-refractivity contribution in [3.8, 4) is 28.7 Å². The van der Waals surface area contributed by atoms with Crippen molar-refractivity contribution in [2.75, 3.05) is 7.11 Å². The minimum atomic E-state index is -0.632. The number of hydrogen-bond acceptors (Lipinski definition) is 7. The number of phenols is 2. The highest BCUT2D eigenvalue weighted by Gasteiger charge is 2.13. The van der Waals surface area contributed by atoms with Gasteiger partial charge < -0.3 is 24.4 Å². The van der Waals surface area contributed by atoms with Gasteiger partial charge in [-0.3, -0.25) is 0 Å². The third kappa shape index (κ3) is 4.39. The van der Waals surface area contributed by atoms with E-state index in [-0.39, 0.29) is 39.9 Å². The van der Waals surface area contributed by atoms with Crippen LogP contribution in [0.15, 0.2) is 66.7 Å². The fourth-order valence-corrected chi connectivity index (χ4v) is 2.31. The summed E-state index contributed by atoms with van der Waals surface area (Å²) in [7, 11) is 1.38. The fourth-order valence-electron chi connectivity index (χ4n) is 2.31. The molecule has 0 aliphatic rings. The Labute approximate surface area is 160 Å². The first-order chi connectivity index (χ1) is 13.5. The Morgan fingerprint density at radius 2 is 1.21 bits per heavy atom. The van der Waals surface area contributed by atoms with E-state index in [4.69, 9.17) is 14.2 Å². The summed E-state index contributed by atoms with van der Waals surface area (Å²) < 4.78 is 15.4. The van der Waals surface area contributed by atoms with Crippen LogP contribution in [0.5, 0.6) is 28.7 Å². The number of esters is 2. The molecule has 2 N–H and O–H groups in total. The highest BCUT2D eigenvalue weighted by atomic mass is 16.5. The largest absolute Gasteiger partial charge is 0.508 e. The van der Waals surface area contributed by atoms with Crippen molar-refractivity contribution in [1.82, 2.24) is 0 Å². The molecule has 3 aromatic rings. The van der Waals surface area contributed by atoms with Crippen LogP contribution in [-0.4, -0.2) is 29.3 Å². The molecular formula is C21H16O7. The van der Waals surface area contributed by atoms with Crippen molar-refractivity contribution in [2.45, 2.75) is 0 Å². The van der Waals surface area contributed by atoms with E-state index in [1.165, 1.54) is 73.8 Å². The average molecular weight is 380 g/mol. The zero-order valence-corrected chi connectivity index (χ0v) is 14.8. The number of carbonyl (C=O) groups is 2. The first-order valence-electron chi connectivity index (χ1n) is 8.17. The average Bonchev–Trinajstić information content (AvgIpc) is 2.70. The normalized spacial score (nSPS) is 10.2. The van der Waals surface area contributed by atoms with Gasteiger partial charge in [-0.15, -0.1) is 0 Å². The Balaban J connectivity index is 1.65. The lowest BCUT2D eigenvalue weighted by Gasteiger charge is -2.08. The summed E-state index contributed by atoms with van der Waals surface area (Å²) in [5.41, 5.74) is 0.493. The zero-order chi connectivity index (χ0) is 20.1. The molecule has 0 amide bonds. The van der Waals surface area contributed by atoms with Gasteiger partial charge in [0.25, 0.3) is 0 Å². The first kappa shape index (κ1) is 18.8. The SMILES string of the molecule is COc1cc(C(=O)Oc2ccc(OC(=O)c3ccc(O)cc3)cc2)ccc1O. The molecule has 0 fully saturated rings. The van der Waals surface area contributed by atoms with E-state index >= 15 is 0 Å². The maximum Gasteiger partial charge on any atom is 0.343 e. The number of benzene rings is 3.